The predicted octanol–water partition coefficient (Wildman–Crippen LogP) is 6.82. The summed E-state index contributed by atoms with van der Waals surface area (Å²) in [5.74, 6) is -0.626. The zero-order valence-electron chi connectivity index (χ0n) is 14.7. The van der Waals surface area contributed by atoms with Crippen molar-refractivity contribution in [1.29, 1.82) is 0 Å². The van der Waals surface area contributed by atoms with Crippen LogP contribution in [0.1, 0.15) is 19.4 Å². The highest BCUT2D eigenvalue weighted by molar-refractivity contribution is 9.10. The largest absolute Gasteiger partial charge is 0.368 e. The quantitative estimate of drug-likeness (QED) is 0.419. The number of hydrogen-bond donors (Lipinski definition) is 1. The van der Waals surface area contributed by atoms with Crippen molar-refractivity contribution in [1.82, 2.24) is 0 Å². The van der Waals surface area contributed by atoms with Crippen LogP contribution in [-0.4, -0.2) is 19.0 Å². The highest BCUT2D eigenvalue weighted by atomic mass is 79.9. The van der Waals surface area contributed by atoms with Crippen molar-refractivity contribution in [3.05, 3.63) is 69.7 Å². The summed E-state index contributed by atoms with van der Waals surface area (Å²) in [6, 6.07) is 15.0. The van der Waals surface area contributed by atoms with Crippen molar-refractivity contribution in [3.63, 3.8) is 0 Å². The summed E-state index contributed by atoms with van der Waals surface area (Å²) in [6.07, 6.45) is 3.68. The lowest BCUT2D eigenvalue weighted by atomic mass is 10.2. The summed E-state index contributed by atoms with van der Waals surface area (Å²) in [6.45, 7) is 4.19. The maximum atomic E-state index is 13.3. The van der Waals surface area contributed by atoms with E-state index in [1.54, 1.807) is 19.9 Å². The first-order valence-corrected chi connectivity index (χ1v) is 11.1. The summed E-state index contributed by atoms with van der Waals surface area (Å²) in [7, 11) is -3.39. The van der Waals surface area contributed by atoms with Crippen LogP contribution in [0.2, 0.25) is 5.02 Å². The minimum atomic E-state index is -3.39. The van der Waals surface area contributed by atoms with Gasteiger partial charge in [0.25, 0.3) is 0 Å². The van der Waals surface area contributed by atoms with Crippen molar-refractivity contribution >= 4 is 46.9 Å². The topological polar surface area (TPSA) is 47.6 Å². The van der Waals surface area contributed by atoms with Gasteiger partial charge in [0.1, 0.15) is 5.78 Å². The lowest BCUT2D eigenvalue weighted by Gasteiger charge is -2.25. The minimum absolute atomic E-state index is 0.296. The second-order valence-corrected chi connectivity index (χ2v) is 8.89. The molecule has 7 heteroatoms. The van der Waals surface area contributed by atoms with Crippen LogP contribution in [0, 0.1) is 0 Å². The van der Waals surface area contributed by atoms with E-state index < -0.39 is 13.4 Å². The molecule has 2 rings (SSSR count). The fourth-order valence-corrected chi connectivity index (χ4v) is 4.39. The molecule has 4 nitrogen and oxygen atoms in total. The predicted molar refractivity (Wildman–Crippen MR) is 113 cm³/mol. The first-order valence-electron chi connectivity index (χ1n) is 8.31. The Kier molecular flexibility index (Phi) is 8.39. The van der Waals surface area contributed by atoms with E-state index in [9.17, 15) is 4.57 Å². The Bertz CT molecular complexity index is 755. The van der Waals surface area contributed by atoms with E-state index in [2.05, 4.69) is 21.2 Å². The van der Waals surface area contributed by atoms with E-state index in [4.69, 9.17) is 20.6 Å². The Morgan fingerprint density at radius 2 is 1.65 bits per heavy atom. The Labute approximate surface area is 168 Å². The molecule has 0 aliphatic carbocycles. The van der Waals surface area contributed by atoms with Crippen LogP contribution in [0.4, 0.5) is 5.69 Å². The molecule has 0 saturated carbocycles. The van der Waals surface area contributed by atoms with E-state index in [1.165, 1.54) is 0 Å². The van der Waals surface area contributed by atoms with Crippen molar-refractivity contribution in [2.24, 2.45) is 0 Å². The number of rotatable bonds is 9. The highest BCUT2D eigenvalue weighted by Crippen LogP contribution is 2.53. The monoisotopic (exact) mass is 457 g/mol. The van der Waals surface area contributed by atoms with Crippen molar-refractivity contribution in [2.45, 2.75) is 19.6 Å². The first kappa shape index (κ1) is 21.2. The molecule has 1 unspecified atom stereocenters. The van der Waals surface area contributed by atoms with Gasteiger partial charge in [-0.1, -0.05) is 45.7 Å². The lowest BCUT2D eigenvalue weighted by molar-refractivity contribution is 0.217. The number of anilines is 1. The molecule has 0 aliphatic rings. The molecule has 2 aromatic rings. The van der Waals surface area contributed by atoms with Gasteiger partial charge in [-0.3, -0.25) is 4.57 Å². The van der Waals surface area contributed by atoms with Crippen LogP contribution in [0.25, 0.3) is 6.08 Å². The zero-order chi connectivity index (χ0) is 19.0. The molecule has 0 radical (unpaired) electrons. The first-order chi connectivity index (χ1) is 12.5. The minimum Gasteiger partial charge on any atom is -0.368 e. The van der Waals surface area contributed by atoms with Gasteiger partial charge in [0.05, 0.1) is 13.2 Å². The number of benzene rings is 2. The summed E-state index contributed by atoms with van der Waals surface area (Å²) in [5, 5.41) is 3.92. The Balaban J connectivity index is 2.31. The molecule has 1 atom stereocenters. The third-order valence-corrected chi connectivity index (χ3v) is 6.46. The van der Waals surface area contributed by atoms with Crippen LogP contribution in [0.15, 0.2) is 59.1 Å². The molecule has 0 aromatic heterocycles. The van der Waals surface area contributed by atoms with Crippen LogP contribution < -0.4 is 5.32 Å². The maximum Gasteiger partial charge on any atom is 0.356 e. The smallest absolute Gasteiger partial charge is 0.356 e. The molecule has 0 amide bonds. The average Bonchev–Trinajstić information content (AvgIpc) is 2.62. The van der Waals surface area contributed by atoms with E-state index in [1.807, 2.05) is 54.6 Å². The van der Waals surface area contributed by atoms with Gasteiger partial charge in [-0.25, -0.2) is 0 Å². The molecule has 0 fully saturated rings. The van der Waals surface area contributed by atoms with Crippen LogP contribution in [0.5, 0.6) is 0 Å². The summed E-state index contributed by atoms with van der Waals surface area (Å²) in [5.41, 5.74) is 1.76. The van der Waals surface area contributed by atoms with Gasteiger partial charge >= 0.3 is 7.60 Å². The molecule has 140 valence electrons. The van der Waals surface area contributed by atoms with E-state index in [0.717, 1.165) is 15.7 Å². The molecular weight excluding hydrogens is 437 g/mol. The van der Waals surface area contributed by atoms with Gasteiger partial charge in [0.15, 0.2) is 0 Å². The molecule has 0 heterocycles. The number of hydrogen-bond acceptors (Lipinski definition) is 4. The van der Waals surface area contributed by atoms with Gasteiger partial charge in [-0.05, 0) is 61.9 Å². The number of nitrogens with one attached hydrogen (secondary N) is 1. The Hall–Kier alpha value is -1.10. The normalized spacial score (nSPS) is 13.1. The molecule has 26 heavy (non-hydrogen) atoms. The van der Waals surface area contributed by atoms with Crippen molar-refractivity contribution in [2.75, 3.05) is 18.5 Å². The Morgan fingerprint density at radius 3 is 2.19 bits per heavy atom. The maximum absolute atomic E-state index is 13.3. The summed E-state index contributed by atoms with van der Waals surface area (Å²) >= 11 is 9.34. The Morgan fingerprint density at radius 1 is 1.08 bits per heavy atom. The lowest BCUT2D eigenvalue weighted by Crippen LogP contribution is -2.20. The summed E-state index contributed by atoms with van der Waals surface area (Å²) < 4.78 is 25.3. The van der Waals surface area contributed by atoms with Crippen molar-refractivity contribution < 1.29 is 13.6 Å². The molecule has 1 N–H and O–H groups in total. The number of halogens is 2. The average molecular weight is 459 g/mol. The third-order valence-electron chi connectivity index (χ3n) is 3.46. The van der Waals surface area contributed by atoms with Gasteiger partial charge in [0.2, 0.25) is 0 Å². The van der Waals surface area contributed by atoms with E-state index in [-0.39, 0.29) is 0 Å². The van der Waals surface area contributed by atoms with E-state index >= 15 is 0 Å². The van der Waals surface area contributed by atoms with Gasteiger partial charge in [-0.2, -0.15) is 0 Å². The molecule has 2 aromatic carbocycles. The van der Waals surface area contributed by atoms with Crippen LogP contribution in [0.3, 0.4) is 0 Å². The molecular formula is C19H22BrClNO3P. The molecule has 0 bridgehead atoms. The molecule has 0 spiro atoms. The van der Waals surface area contributed by atoms with Gasteiger partial charge in [-0.15, -0.1) is 0 Å². The zero-order valence-corrected chi connectivity index (χ0v) is 17.9. The third kappa shape index (κ3) is 6.26. The SMILES string of the molecule is CCOP(=O)(OCC)C(/C=C/c1ccc(Cl)cc1)Nc1ccc(Br)cc1. The standard InChI is InChI=1S/C19H22BrClNO3P/c1-3-24-26(23,25-4-2)19(22-18-12-8-16(20)9-13-18)14-7-15-5-10-17(21)11-6-15/h5-14,19,22H,3-4H2,1-2H3/b14-7+. The fraction of sp³-hybridized carbons (Fsp3) is 0.263. The van der Waals surface area contributed by atoms with E-state index in [0.29, 0.717) is 18.2 Å². The second-order valence-electron chi connectivity index (χ2n) is 5.38. The molecule has 0 saturated heterocycles. The van der Waals surface area contributed by atoms with Gasteiger partial charge in [0, 0.05) is 15.2 Å². The van der Waals surface area contributed by atoms with Crippen LogP contribution in [-0.2, 0) is 13.6 Å². The van der Waals surface area contributed by atoms with Gasteiger partial charge < -0.3 is 14.4 Å². The molecule has 0 aliphatic heterocycles. The fourth-order valence-electron chi connectivity index (χ4n) is 2.28. The second kappa shape index (κ2) is 10.3. The van der Waals surface area contributed by atoms with Crippen molar-refractivity contribution in [3.8, 4) is 0 Å². The summed E-state index contributed by atoms with van der Waals surface area (Å²) in [4.78, 5) is 0. The van der Waals surface area contributed by atoms with Crippen LogP contribution >= 0.6 is 35.1 Å². The highest BCUT2D eigenvalue weighted by Gasteiger charge is 2.33.